The van der Waals surface area contributed by atoms with Crippen LogP contribution in [0, 0.1) is 17.3 Å². The molecule has 0 N–H and O–H groups in total. The van der Waals surface area contributed by atoms with Gasteiger partial charge in [0.2, 0.25) is 5.91 Å². The molecule has 0 aromatic heterocycles. The first-order valence-electron chi connectivity index (χ1n) is 6.55. The van der Waals surface area contributed by atoms with Crippen molar-refractivity contribution in [2.45, 2.75) is 53.9 Å². The smallest absolute Gasteiger partial charge is 0.223 e. The number of amides is 1. The van der Waals surface area contributed by atoms with Crippen molar-refractivity contribution in [2.75, 3.05) is 13.1 Å². The maximum Gasteiger partial charge on any atom is 0.223 e. The van der Waals surface area contributed by atoms with Crippen molar-refractivity contribution in [1.29, 1.82) is 0 Å². The third kappa shape index (κ3) is 4.54. The Labute approximate surface area is 100 Å². The fraction of sp³-hybridized carbons (Fsp3) is 0.929. The van der Waals surface area contributed by atoms with E-state index < -0.39 is 0 Å². The minimum Gasteiger partial charge on any atom is -0.342 e. The first kappa shape index (κ1) is 13.5. The van der Waals surface area contributed by atoms with Crippen LogP contribution < -0.4 is 0 Å². The van der Waals surface area contributed by atoms with Gasteiger partial charge in [-0.2, -0.15) is 0 Å². The fourth-order valence-electron chi connectivity index (χ4n) is 2.48. The minimum absolute atomic E-state index is 0.118. The SMILES string of the molecule is CC(C)C[C@H]1CCN(C(=O)CC(C)(C)C)C1. The molecular weight excluding hydrogens is 198 g/mol. The van der Waals surface area contributed by atoms with Crippen molar-refractivity contribution in [3.8, 4) is 0 Å². The summed E-state index contributed by atoms with van der Waals surface area (Å²) in [6, 6.07) is 0. The summed E-state index contributed by atoms with van der Waals surface area (Å²) < 4.78 is 0. The van der Waals surface area contributed by atoms with Gasteiger partial charge in [-0.3, -0.25) is 4.79 Å². The van der Waals surface area contributed by atoms with Gasteiger partial charge in [-0.15, -0.1) is 0 Å². The molecule has 1 atom stereocenters. The number of hydrogen-bond acceptors (Lipinski definition) is 1. The average molecular weight is 225 g/mol. The van der Waals surface area contributed by atoms with Gasteiger partial charge in [-0.25, -0.2) is 0 Å². The Hall–Kier alpha value is -0.530. The zero-order chi connectivity index (χ0) is 12.3. The number of hydrogen-bond donors (Lipinski definition) is 0. The molecule has 2 heteroatoms. The van der Waals surface area contributed by atoms with Crippen molar-refractivity contribution in [1.82, 2.24) is 4.90 Å². The minimum atomic E-state index is 0.118. The molecule has 0 aromatic carbocycles. The molecule has 2 nitrogen and oxygen atoms in total. The highest BCUT2D eigenvalue weighted by molar-refractivity contribution is 5.77. The zero-order valence-electron chi connectivity index (χ0n) is 11.5. The van der Waals surface area contributed by atoms with Crippen LogP contribution in [0.4, 0.5) is 0 Å². The molecule has 0 radical (unpaired) electrons. The van der Waals surface area contributed by atoms with Crippen LogP contribution in [-0.2, 0) is 4.79 Å². The van der Waals surface area contributed by atoms with Crippen LogP contribution in [0.15, 0.2) is 0 Å². The van der Waals surface area contributed by atoms with Gasteiger partial charge in [0.15, 0.2) is 0 Å². The molecule has 1 amide bonds. The van der Waals surface area contributed by atoms with Gasteiger partial charge in [0.05, 0.1) is 0 Å². The van der Waals surface area contributed by atoms with E-state index in [4.69, 9.17) is 0 Å². The summed E-state index contributed by atoms with van der Waals surface area (Å²) in [5.74, 6) is 1.84. The topological polar surface area (TPSA) is 20.3 Å². The second-order valence-corrected chi connectivity index (χ2v) is 6.86. The van der Waals surface area contributed by atoms with Crippen molar-refractivity contribution in [3.05, 3.63) is 0 Å². The summed E-state index contributed by atoms with van der Waals surface area (Å²) in [5.41, 5.74) is 0.118. The highest BCUT2D eigenvalue weighted by Gasteiger charge is 2.28. The van der Waals surface area contributed by atoms with Gasteiger partial charge in [-0.1, -0.05) is 34.6 Å². The Morgan fingerprint density at radius 1 is 1.38 bits per heavy atom. The molecule has 0 unspecified atom stereocenters. The lowest BCUT2D eigenvalue weighted by molar-refractivity contribution is -0.132. The summed E-state index contributed by atoms with van der Waals surface area (Å²) in [6.07, 6.45) is 3.15. The van der Waals surface area contributed by atoms with Crippen LogP contribution >= 0.6 is 0 Å². The summed E-state index contributed by atoms with van der Waals surface area (Å²) in [5, 5.41) is 0. The number of nitrogens with zero attached hydrogens (tertiary/aromatic N) is 1. The molecule has 1 aliphatic heterocycles. The van der Waals surface area contributed by atoms with Crippen molar-refractivity contribution in [3.63, 3.8) is 0 Å². The molecule has 16 heavy (non-hydrogen) atoms. The summed E-state index contributed by atoms with van der Waals surface area (Å²) in [6.45, 7) is 12.9. The van der Waals surface area contributed by atoms with E-state index in [0.29, 0.717) is 12.3 Å². The summed E-state index contributed by atoms with van der Waals surface area (Å²) in [4.78, 5) is 14.1. The van der Waals surface area contributed by atoms with Crippen molar-refractivity contribution in [2.24, 2.45) is 17.3 Å². The van der Waals surface area contributed by atoms with Crippen LogP contribution in [0.25, 0.3) is 0 Å². The van der Waals surface area contributed by atoms with Crippen LogP contribution in [0.2, 0.25) is 0 Å². The predicted octanol–water partition coefficient (Wildman–Crippen LogP) is 3.32. The third-order valence-electron chi connectivity index (χ3n) is 3.12. The van der Waals surface area contributed by atoms with Crippen LogP contribution in [0.5, 0.6) is 0 Å². The highest BCUT2D eigenvalue weighted by Crippen LogP contribution is 2.26. The standard InChI is InChI=1S/C14H27NO/c1-11(2)8-12-6-7-15(10-12)13(16)9-14(3,4)5/h11-12H,6-10H2,1-5H3/t12-/m1/s1. The fourth-order valence-corrected chi connectivity index (χ4v) is 2.48. The molecule has 0 aliphatic carbocycles. The molecule has 0 aromatic rings. The lowest BCUT2D eigenvalue weighted by atomic mass is 9.91. The first-order valence-corrected chi connectivity index (χ1v) is 6.55. The monoisotopic (exact) mass is 225 g/mol. The van der Waals surface area contributed by atoms with Gasteiger partial charge < -0.3 is 4.90 Å². The molecule has 1 heterocycles. The average Bonchev–Trinajstić information content (AvgIpc) is 2.48. The van der Waals surface area contributed by atoms with Crippen molar-refractivity contribution < 1.29 is 4.79 Å². The number of carbonyl (C=O) groups is 1. The van der Waals surface area contributed by atoms with Gasteiger partial charge in [0, 0.05) is 19.5 Å². The van der Waals surface area contributed by atoms with E-state index in [0.717, 1.165) is 24.9 Å². The summed E-state index contributed by atoms with van der Waals surface area (Å²) >= 11 is 0. The molecule has 0 saturated carbocycles. The number of rotatable bonds is 3. The Kier molecular flexibility index (Phi) is 4.40. The Balaban J connectivity index is 2.38. The van der Waals surface area contributed by atoms with Gasteiger partial charge in [-0.05, 0) is 30.1 Å². The van der Waals surface area contributed by atoms with E-state index in [1.807, 2.05) is 0 Å². The van der Waals surface area contributed by atoms with Crippen molar-refractivity contribution >= 4 is 5.91 Å². The van der Waals surface area contributed by atoms with E-state index in [-0.39, 0.29) is 5.41 Å². The normalized spacial score (nSPS) is 21.9. The Morgan fingerprint density at radius 2 is 2.00 bits per heavy atom. The maximum absolute atomic E-state index is 12.0. The van der Waals surface area contributed by atoms with E-state index in [2.05, 4.69) is 39.5 Å². The molecular formula is C14H27NO. The molecule has 0 bridgehead atoms. The van der Waals surface area contributed by atoms with E-state index in [9.17, 15) is 4.79 Å². The van der Waals surface area contributed by atoms with E-state index in [1.165, 1.54) is 12.8 Å². The van der Waals surface area contributed by atoms with E-state index in [1.54, 1.807) is 0 Å². The number of likely N-dealkylation sites (tertiary alicyclic amines) is 1. The molecule has 1 fully saturated rings. The lowest BCUT2D eigenvalue weighted by Crippen LogP contribution is -2.31. The second-order valence-electron chi connectivity index (χ2n) is 6.86. The third-order valence-corrected chi connectivity index (χ3v) is 3.12. The summed E-state index contributed by atoms with van der Waals surface area (Å²) in [7, 11) is 0. The molecule has 94 valence electrons. The molecule has 0 spiro atoms. The highest BCUT2D eigenvalue weighted by atomic mass is 16.2. The van der Waals surface area contributed by atoms with Crippen LogP contribution in [-0.4, -0.2) is 23.9 Å². The quantitative estimate of drug-likeness (QED) is 0.721. The maximum atomic E-state index is 12.0. The Bertz CT molecular complexity index is 240. The number of carbonyl (C=O) groups excluding carboxylic acids is 1. The van der Waals surface area contributed by atoms with Gasteiger partial charge >= 0.3 is 0 Å². The molecule has 1 aliphatic rings. The predicted molar refractivity (Wildman–Crippen MR) is 68.2 cm³/mol. The van der Waals surface area contributed by atoms with Crippen LogP contribution in [0.1, 0.15) is 53.9 Å². The first-order chi connectivity index (χ1) is 7.28. The second kappa shape index (κ2) is 5.20. The Morgan fingerprint density at radius 3 is 2.50 bits per heavy atom. The largest absolute Gasteiger partial charge is 0.342 e. The molecule has 1 rings (SSSR count). The van der Waals surface area contributed by atoms with Gasteiger partial charge in [0.1, 0.15) is 0 Å². The lowest BCUT2D eigenvalue weighted by Gasteiger charge is -2.23. The van der Waals surface area contributed by atoms with E-state index >= 15 is 0 Å². The zero-order valence-corrected chi connectivity index (χ0v) is 11.5. The van der Waals surface area contributed by atoms with Gasteiger partial charge in [0.25, 0.3) is 0 Å². The molecule has 1 saturated heterocycles. The van der Waals surface area contributed by atoms with Crippen LogP contribution in [0.3, 0.4) is 0 Å².